The van der Waals surface area contributed by atoms with Crippen LogP contribution in [0.25, 0.3) is 0 Å². The number of amides is 2. The van der Waals surface area contributed by atoms with Crippen LogP contribution in [0.5, 0.6) is 0 Å². The van der Waals surface area contributed by atoms with Crippen molar-refractivity contribution in [2.24, 2.45) is 0 Å². The molecule has 3 N–H and O–H groups in total. The maximum absolute atomic E-state index is 11.8. The van der Waals surface area contributed by atoms with E-state index >= 15 is 0 Å². The van der Waals surface area contributed by atoms with Crippen molar-refractivity contribution in [3.63, 3.8) is 0 Å². The van der Waals surface area contributed by atoms with Crippen LogP contribution >= 0.6 is 0 Å². The quantitative estimate of drug-likeness (QED) is 0.749. The summed E-state index contributed by atoms with van der Waals surface area (Å²) in [7, 11) is 0. The van der Waals surface area contributed by atoms with Gasteiger partial charge in [-0.05, 0) is 44.0 Å². The van der Waals surface area contributed by atoms with E-state index in [0.29, 0.717) is 30.4 Å². The van der Waals surface area contributed by atoms with Gasteiger partial charge in [-0.2, -0.15) is 0 Å². The third-order valence-corrected chi connectivity index (χ3v) is 3.67. The van der Waals surface area contributed by atoms with Gasteiger partial charge in [-0.25, -0.2) is 0 Å². The van der Waals surface area contributed by atoms with E-state index in [1.165, 1.54) is 12.8 Å². The Morgan fingerprint density at radius 1 is 1.14 bits per heavy atom. The molecule has 21 heavy (non-hydrogen) atoms. The van der Waals surface area contributed by atoms with Crippen LogP contribution in [0.3, 0.4) is 0 Å². The highest BCUT2D eigenvalue weighted by molar-refractivity contribution is 5.96. The number of hydrogen-bond donors (Lipinski definition) is 3. The lowest BCUT2D eigenvalue weighted by molar-refractivity contribution is -0.115. The molecule has 0 radical (unpaired) electrons. The minimum Gasteiger partial charge on any atom is -0.352 e. The van der Waals surface area contributed by atoms with Crippen molar-refractivity contribution in [3.05, 3.63) is 29.8 Å². The second kappa shape index (κ2) is 7.78. The molecule has 1 saturated carbocycles. The van der Waals surface area contributed by atoms with E-state index in [-0.39, 0.29) is 11.8 Å². The largest absolute Gasteiger partial charge is 0.352 e. The molecule has 5 heteroatoms. The Bertz CT molecular complexity index is 479. The van der Waals surface area contributed by atoms with Crippen LogP contribution in [-0.2, 0) is 4.79 Å². The summed E-state index contributed by atoms with van der Waals surface area (Å²) in [5, 5.41) is 8.84. The van der Waals surface area contributed by atoms with Crippen molar-refractivity contribution in [1.82, 2.24) is 10.6 Å². The van der Waals surface area contributed by atoms with Gasteiger partial charge in [-0.3, -0.25) is 9.59 Å². The Morgan fingerprint density at radius 3 is 2.43 bits per heavy atom. The van der Waals surface area contributed by atoms with Crippen molar-refractivity contribution in [1.29, 1.82) is 0 Å². The predicted octanol–water partition coefficient (Wildman–Crippen LogP) is 1.91. The van der Waals surface area contributed by atoms with Crippen LogP contribution in [0.2, 0.25) is 0 Å². The fraction of sp³-hybridized carbons (Fsp3) is 0.500. The lowest BCUT2D eigenvalue weighted by Gasteiger charge is -2.12. The number of carbonyl (C=O) groups excluding carboxylic acids is 2. The zero-order chi connectivity index (χ0) is 15.1. The van der Waals surface area contributed by atoms with Gasteiger partial charge in [0.1, 0.15) is 0 Å². The van der Waals surface area contributed by atoms with Gasteiger partial charge in [-0.15, -0.1) is 0 Å². The van der Waals surface area contributed by atoms with Crippen LogP contribution in [0, 0.1) is 0 Å². The molecule has 2 amide bonds. The molecule has 0 bridgehead atoms. The summed E-state index contributed by atoms with van der Waals surface area (Å²) in [6.07, 6.45) is 4.82. The summed E-state index contributed by atoms with van der Waals surface area (Å²) >= 11 is 0. The molecule has 0 saturated heterocycles. The third-order valence-electron chi connectivity index (χ3n) is 3.67. The van der Waals surface area contributed by atoms with Crippen LogP contribution in [0.4, 0.5) is 5.69 Å². The topological polar surface area (TPSA) is 70.2 Å². The van der Waals surface area contributed by atoms with Crippen LogP contribution in [-0.4, -0.2) is 30.9 Å². The minimum absolute atomic E-state index is 0.0485. The van der Waals surface area contributed by atoms with Crippen molar-refractivity contribution < 1.29 is 9.59 Å². The SMILES string of the molecule is CCNC(=O)c1ccc(NC(=O)CNC2CCCC2)cc1. The lowest BCUT2D eigenvalue weighted by Crippen LogP contribution is -2.34. The summed E-state index contributed by atoms with van der Waals surface area (Å²) in [5.74, 6) is -0.147. The minimum atomic E-state index is -0.0988. The standard InChI is InChI=1S/C16H23N3O2/c1-2-17-16(21)12-7-9-14(10-8-12)19-15(20)11-18-13-5-3-4-6-13/h7-10,13,18H,2-6,11H2,1H3,(H,17,21)(H,19,20). The Morgan fingerprint density at radius 2 is 1.81 bits per heavy atom. The van der Waals surface area contributed by atoms with E-state index in [2.05, 4.69) is 16.0 Å². The molecule has 1 aromatic carbocycles. The first-order chi connectivity index (χ1) is 10.2. The highest BCUT2D eigenvalue weighted by Crippen LogP contribution is 2.17. The number of hydrogen-bond acceptors (Lipinski definition) is 3. The average Bonchev–Trinajstić information content (AvgIpc) is 2.99. The third kappa shape index (κ3) is 4.86. The van der Waals surface area contributed by atoms with Crippen molar-refractivity contribution in [2.45, 2.75) is 38.6 Å². The predicted molar refractivity (Wildman–Crippen MR) is 83.3 cm³/mol. The molecule has 114 valence electrons. The lowest BCUT2D eigenvalue weighted by atomic mass is 10.2. The van der Waals surface area contributed by atoms with Crippen molar-refractivity contribution in [2.75, 3.05) is 18.4 Å². The molecular weight excluding hydrogens is 266 g/mol. The first-order valence-corrected chi connectivity index (χ1v) is 7.60. The molecule has 0 heterocycles. The first kappa shape index (κ1) is 15.5. The second-order valence-corrected chi connectivity index (χ2v) is 5.35. The average molecular weight is 289 g/mol. The van der Waals surface area contributed by atoms with Crippen molar-refractivity contribution >= 4 is 17.5 Å². The Labute approximate surface area is 125 Å². The van der Waals surface area contributed by atoms with Crippen LogP contribution in [0.15, 0.2) is 24.3 Å². The summed E-state index contributed by atoms with van der Waals surface area (Å²) < 4.78 is 0. The van der Waals surface area contributed by atoms with Gasteiger partial charge in [0.25, 0.3) is 5.91 Å². The smallest absolute Gasteiger partial charge is 0.251 e. The fourth-order valence-electron chi connectivity index (χ4n) is 2.54. The molecule has 0 aromatic heterocycles. The van der Waals surface area contributed by atoms with Crippen molar-refractivity contribution in [3.8, 4) is 0 Å². The summed E-state index contributed by atoms with van der Waals surface area (Å²) in [5.41, 5.74) is 1.31. The normalized spacial score (nSPS) is 14.9. The zero-order valence-electron chi connectivity index (χ0n) is 12.4. The van der Waals surface area contributed by atoms with Gasteiger partial charge in [0.05, 0.1) is 6.54 Å². The summed E-state index contributed by atoms with van der Waals surface area (Å²) in [4.78, 5) is 23.5. The molecule has 5 nitrogen and oxygen atoms in total. The molecule has 1 aromatic rings. The number of nitrogens with one attached hydrogen (secondary N) is 3. The van der Waals surface area contributed by atoms with Gasteiger partial charge in [0, 0.05) is 23.8 Å². The first-order valence-electron chi connectivity index (χ1n) is 7.60. The molecule has 2 rings (SSSR count). The number of carbonyl (C=O) groups is 2. The number of rotatable bonds is 6. The number of benzene rings is 1. The maximum Gasteiger partial charge on any atom is 0.251 e. The Balaban J connectivity index is 1.79. The molecule has 1 aliphatic carbocycles. The van der Waals surface area contributed by atoms with E-state index in [1.807, 2.05) is 6.92 Å². The van der Waals surface area contributed by atoms with Crippen LogP contribution < -0.4 is 16.0 Å². The van der Waals surface area contributed by atoms with E-state index < -0.39 is 0 Å². The molecule has 0 aliphatic heterocycles. The molecular formula is C16H23N3O2. The Hall–Kier alpha value is -1.88. The molecule has 1 aliphatic rings. The molecule has 1 fully saturated rings. The molecule has 0 spiro atoms. The monoisotopic (exact) mass is 289 g/mol. The van der Waals surface area contributed by atoms with E-state index in [4.69, 9.17) is 0 Å². The molecule has 0 unspecified atom stereocenters. The van der Waals surface area contributed by atoms with Gasteiger partial charge in [0.2, 0.25) is 5.91 Å². The second-order valence-electron chi connectivity index (χ2n) is 5.35. The highest BCUT2D eigenvalue weighted by Gasteiger charge is 2.15. The Kier molecular flexibility index (Phi) is 5.75. The van der Waals surface area contributed by atoms with Gasteiger partial charge >= 0.3 is 0 Å². The maximum atomic E-state index is 11.8. The summed E-state index contributed by atoms with van der Waals surface area (Å²) in [6.45, 7) is 2.82. The number of anilines is 1. The fourth-order valence-corrected chi connectivity index (χ4v) is 2.54. The van der Waals surface area contributed by atoms with E-state index in [9.17, 15) is 9.59 Å². The van der Waals surface area contributed by atoms with Crippen LogP contribution in [0.1, 0.15) is 43.0 Å². The summed E-state index contributed by atoms with van der Waals surface area (Å²) in [6, 6.07) is 7.40. The van der Waals surface area contributed by atoms with Gasteiger partial charge in [-0.1, -0.05) is 12.8 Å². The van der Waals surface area contributed by atoms with Gasteiger partial charge in [0.15, 0.2) is 0 Å². The van der Waals surface area contributed by atoms with E-state index in [1.54, 1.807) is 24.3 Å². The highest BCUT2D eigenvalue weighted by atomic mass is 16.2. The van der Waals surface area contributed by atoms with Gasteiger partial charge < -0.3 is 16.0 Å². The van der Waals surface area contributed by atoms with E-state index in [0.717, 1.165) is 12.8 Å². The molecule has 0 atom stereocenters. The zero-order valence-corrected chi connectivity index (χ0v) is 12.4.